The average Bonchev–Trinajstić information content (AvgIpc) is 2.65. The minimum Gasteiger partial charge on any atom is -0.476 e. The fourth-order valence-electron chi connectivity index (χ4n) is 0.995. The highest BCUT2D eigenvalue weighted by molar-refractivity contribution is 8.13. The van der Waals surface area contributed by atoms with Gasteiger partial charge >= 0.3 is 5.97 Å². The van der Waals surface area contributed by atoms with E-state index in [-0.39, 0.29) is 10.8 Å². The Hall–Kier alpha value is -1.14. The average molecular weight is 257 g/mol. The van der Waals surface area contributed by atoms with Crippen molar-refractivity contribution < 1.29 is 14.7 Å². The molecular formula is C10H11NO3S2. The molecule has 0 aliphatic carbocycles. The van der Waals surface area contributed by atoms with E-state index in [4.69, 9.17) is 5.11 Å². The van der Waals surface area contributed by atoms with Gasteiger partial charge in [-0.05, 0) is 12.5 Å². The molecule has 86 valence electrons. The summed E-state index contributed by atoms with van der Waals surface area (Å²) in [5.41, 5.74) is 1.59. The van der Waals surface area contributed by atoms with Gasteiger partial charge in [-0.25, -0.2) is 9.78 Å². The molecule has 6 heteroatoms. The van der Waals surface area contributed by atoms with Crippen molar-refractivity contribution in [3.8, 4) is 0 Å². The van der Waals surface area contributed by atoms with Crippen LogP contribution < -0.4 is 0 Å². The molecule has 4 nitrogen and oxygen atoms in total. The number of carbonyl (C=O) groups excluding carboxylic acids is 1. The van der Waals surface area contributed by atoms with Gasteiger partial charge in [-0.2, -0.15) is 0 Å². The highest BCUT2D eigenvalue weighted by atomic mass is 32.2. The quantitative estimate of drug-likeness (QED) is 0.821. The van der Waals surface area contributed by atoms with Crippen molar-refractivity contribution in [2.24, 2.45) is 0 Å². The normalized spacial score (nSPS) is 10.8. The maximum atomic E-state index is 10.7. The molecule has 1 rings (SSSR count). The molecule has 0 fully saturated rings. The molecule has 16 heavy (non-hydrogen) atoms. The molecule has 0 amide bonds. The van der Waals surface area contributed by atoms with Crippen LogP contribution in [0, 0.1) is 0 Å². The summed E-state index contributed by atoms with van der Waals surface area (Å²) < 4.78 is 0. The van der Waals surface area contributed by atoms with Crippen LogP contribution in [0.25, 0.3) is 6.08 Å². The molecule has 0 spiro atoms. The van der Waals surface area contributed by atoms with Crippen molar-refractivity contribution in [3.05, 3.63) is 22.2 Å². The Morgan fingerprint density at radius 1 is 1.62 bits per heavy atom. The van der Waals surface area contributed by atoms with Crippen LogP contribution in [-0.2, 0) is 4.79 Å². The molecule has 0 bridgehead atoms. The summed E-state index contributed by atoms with van der Waals surface area (Å²) in [6, 6.07) is 0. The van der Waals surface area contributed by atoms with Crippen molar-refractivity contribution in [2.45, 2.75) is 13.3 Å². The van der Waals surface area contributed by atoms with Gasteiger partial charge in [0.25, 0.3) is 0 Å². The third-order valence-electron chi connectivity index (χ3n) is 1.66. The maximum absolute atomic E-state index is 10.7. The van der Waals surface area contributed by atoms with Crippen LogP contribution in [0.3, 0.4) is 0 Å². The second-order valence-corrected chi connectivity index (χ2v) is 5.06. The molecule has 0 aliphatic heterocycles. The Bertz CT molecular complexity index is 412. The lowest BCUT2D eigenvalue weighted by molar-refractivity contribution is -0.109. The Morgan fingerprint density at radius 3 is 3.00 bits per heavy atom. The summed E-state index contributed by atoms with van der Waals surface area (Å²) in [4.78, 5) is 25.7. The summed E-state index contributed by atoms with van der Waals surface area (Å²) in [6.45, 7) is 1.53. The van der Waals surface area contributed by atoms with E-state index in [2.05, 4.69) is 4.98 Å². The first kappa shape index (κ1) is 12.9. The summed E-state index contributed by atoms with van der Waals surface area (Å²) in [5, 5.41) is 8.89. The van der Waals surface area contributed by atoms with Gasteiger partial charge in [-0.3, -0.25) is 4.79 Å². The van der Waals surface area contributed by atoms with Gasteiger partial charge in [0.1, 0.15) is 0 Å². The topological polar surface area (TPSA) is 67.3 Å². The van der Waals surface area contributed by atoms with Gasteiger partial charge in [-0.15, -0.1) is 11.3 Å². The smallest absolute Gasteiger partial charge is 0.356 e. The Morgan fingerprint density at radius 2 is 2.38 bits per heavy atom. The van der Waals surface area contributed by atoms with Crippen LogP contribution in [-0.4, -0.2) is 26.9 Å². The lowest BCUT2D eigenvalue weighted by Crippen LogP contribution is -1.97. The van der Waals surface area contributed by atoms with E-state index in [9.17, 15) is 9.59 Å². The van der Waals surface area contributed by atoms with Gasteiger partial charge in [0.05, 0.1) is 10.4 Å². The molecule has 0 atom stereocenters. The van der Waals surface area contributed by atoms with Crippen molar-refractivity contribution in [1.29, 1.82) is 0 Å². The molecule has 0 unspecified atom stereocenters. The number of carboxylic acid groups (broad SMARTS) is 1. The Kier molecular flexibility index (Phi) is 5.21. The Balaban J connectivity index is 2.47. The van der Waals surface area contributed by atoms with Crippen LogP contribution in [0.5, 0.6) is 0 Å². The largest absolute Gasteiger partial charge is 0.476 e. The first-order valence-electron chi connectivity index (χ1n) is 4.58. The number of rotatable bonds is 5. The minimum atomic E-state index is -1.01. The zero-order valence-corrected chi connectivity index (χ0v) is 10.3. The highest BCUT2D eigenvalue weighted by Crippen LogP contribution is 2.16. The second-order valence-electron chi connectivity index (χ2n) is 2.90. The summed E-state index contributed by atoms with van der Waals surface area (Å²) >= 11 is 2.55. The van der Waals surface area contributed by atoms with Crippen molar-refractivity contribution in [2.75, 3.05) is 5.75 Å². The Labute approximate surface area is 101 Å². The predicted molar refractivity (Wildman–Crippen MR) is 65.9 cm³/mol. The lowest BCUT2D eigenvalue weighted by atomic mass is 10.3. The molecule has 1 N–H and O–H groups in total. The first-order valence-corrected chi connectivity index (χ1v) is 6.44. The number of aromatic carboxylic acids is 1. The number of hydrogen-bond acceptors (Lipinski definition) is 5. The number of carboxylic acids is 1. The van der Waals surface area contributed by atoms with E-state index >= 15 is 0 Å². The molecule has 1 aromatic rings. The van der Waals surface area contributed by atoms with Crippen LogP contribution >= 0.6 is 23.1 Å². The zero-order valence-electron chi connectivity index (χ0n) is 8.67. The second kappa shape index (κ2) is 6.44. The molecular weight excluding hydrogens is 246 g/mol. The minimum absolute atomic E-state index is 0.0838. The SMILES string of the molecule is CC(=O)SCCC=Cc1scnc1C(=O)O. The standard InChI is InChI=1S/C10H11NO3S2/c1-7(12)15-5-3-2-4-8-9(10(13)14)11-6-16-8/h2,4,6H,3,5H2,1H3,(H,13,14). The first-order chi connectivity index (χ1) is 7.61. The highest BCUT2D eigenvalue weighted by Gasteiger charge is 2.10. The van der Waals surface area contributed by atoms with E-state index in [1.807, 2.05) is 6.08 Å². The van der Waals surface area contributed by atoms with Crippen LogP contribution in [0.2, 0.25) is 0 Å². The van der Waals surface area contributed by atoms with Crippen LogP contribution in [0.1, 0.15) is 28.7 Å². The molecule has 0 saturated carbocycles. The third-order valence-corrected chi connectivity index (χ3v) is 3.30. The van der Waals surface area contributed by atoms with Crippen molar-refractivity contribution in [3.63, 3.8) is 0 Å². The number of hydrogen-bond donors (Lipinski definition) is 1. The van der Waals surface area contributed by atoms with E-state index < -0.39 is 5.97 Å². The van der Waals surface area contributed by atoms with Crippen molar-refractivity contribution >= 4 is 40.3 Å². The number of carbonyl (C=O) groups is 2. The fraction of sp³-hybridized carbons (Fsp3) is 0.300. The number of nitrogens with zero attached hydrogens (tertiary/aromatic N) is 1. The zero-order chi connectivity index (χ0) is 12.0. The van der Waals surface area contributed by atoms with Gasteiger partial charge in [0.15, 0.2) is 10.8 Å². The van der Waals surface area contributed by atoms with Gasteiger partial charge in [0.2, 0.25) is 0 Å². The summed E-state index contributed by atoms with van der Waals surface area (Å²) in [5.74, 6) is -0.299. The monoisotopic (exact) mass is 257 g/mol. The third kappa shape index (κ3) is 4.16. The molecule has 1 aromatic heterocycles. The molecule has 0 aromatic carbocycles. The number of allylic oxidation sites excluding steroid dienone is 1. The van der Waals surface area contributed by atoms with Gasteiger partial charge in [0, 0.05) is 12.7 Å². The van der Waals surface area contributed by atoms with E-state index in [0.717, 1.165) is 6.42 Å². The molecule has 0 radical (unpaired) electrons. The molecule has 1 heterocycles. The predicted octanol–water partition coefficient (Wildman–Crippen LogP) is 2.52. The van der Waals surface area contributed by atoms with Crippen LogP contribution in [0.4, 0.5) is 0 Å². The molecule has 0 saturated heterocycles. The number of aromatic nitrogens is 1. The van der Waals surface area contributed by atoms with E-state index in [1.54, 1.807) is 6.08 Å². The van der Waals surface area contributed by atoms with Crippen LogP contribution in [0.15, 0.2) is 11.6 Å². The summed E-state index contributed by atoms with van der Waals surface area (Å²) in [6.07, 6.45) is 4.33. The summed E-state index contributed by atoms with van der Waals surface area (Å²) in [7, 11) is 0. The maximum Gasteiger partial charge on any atom is 0.356 e. The number of thioether (sulfide) groups is 1. The van der Waals surface area contributed by atoms with Crippen molar-refractivity contribution in [1.82, 2.24) is 4.98 Å². The number of thiazole rings is 1. The fourth-order valence-corrected chi connectivity index (χ4v) is 2.23. The van der Waals surface area contributed by atoms with Gasteiger partial charge < -0.3 is 5.11 Å². The van der Waals surface area contributed by atoms with E-state index in [0.29, 0.717) is 10.6 Å². The van der Waals surface area contributed by atoms with Gasteiger partial charge in [-0.1, -0.05) is 17.8 Å². The van der Waals surface area contributed by atoms with E-state index in [1.165, 1.54) is 35.5 Å². The lowest BCUT2D eigenvalue weighted by Gasteiger charge is -1.92. The molecule has 0 aliphatic rings.